The van der Waals surface area contributed by atoms with Crippen LogP contribution in [0.1, 0.15) is 29.8 Å². The second-order valence-corrected chi connectivity index (χ2v) is 11.0. The summed E-state index contributed by atoms with van der Waals surface area (Å²) in [4.78, 5) is 25.6. The molecular formula is C32H42N6O4. The molecular weight excluding hydrogens is 532 g/mol. The van der Waals surface area contributed by atoms with Crippen LogP contribution in [-0.2, 0) is 40.2 Å². The van der Waals surface area contributed by atoms with Crippen molar-refractivity contribution < 1.29 is 19.4 Å². The van der Waals surface area contributed by atoms with E-state index in [1.54, 1.807) is 7.11 Å². The van der Waals surface area contributed by atoms with Crippen molar-refractivity contribution in [2.24, 2.45) is 0 Å². The number of carbonyl (C=O) groups is 1. The summed E-state index contributed by atoms with van der Waals surface area (Å²) in [5.41, 5.74) is 11.1. The van der Waals surface area contributed by atoms with Crippen molar-refractivity contribution in [3.8, 4) is 0 Å². The van der Waals surface area contributed by atoms with Gasteiger partial charge in [-0.15, -0.1) is 0 Å². The fourth-order valence-corrected chi connectivity index (χ4v) is 5.79. The molecule has 4 aromatic rings. The molecule has 3 N–H and O–H groups in total. The molecule has 1 saturated heterocycles. The Morgan fingerprint density at radius 1 is 1.02 bits per heavy atom. The number of pyridine rings is 1. The number of carboxylic acids is 1. The van der Waals surface area contributed by atoms with Gasteiger partial charge in [0.1, 0.15) is 11.3 Å². The van der Waals surface area contributed by atoms with Crippen LogP contribution in [0.5, 0.6) is 0 Å². The topological polar surface area (TPSA) is 119 Å². The second kappa shape index (κ2) is 14.6. The molecule has 224 valence electrons. The number of fused-ring (bicyclic) bond motifs is 3. The van der Waals surface area contributed by atoms with Crippen LogP contribution in [0.4, 0.5) is 5.82 Å². The number of hydrogen-bond acceptors (Lipinski definition) is 8. The van der Waals surface area contributed by atoms with E-state index in [0.717, 1.165) is 105 Å². The maximum atomic E-state index is 11.1. The minimum absolute atomic E-state index is 0.0442. The molecule has 10 nitrogen and oxygen atoms in total. The van der Waals surface area contributed by atoms with Crippen LogP contribution in [0.15, 0.2) is 48.5 Å². The van der Waals surface area contributed by atoms with Crippen molar-refractivity contribution in [3.63, 3.8) is 0 Å². The fraction of sp³-hybridized carbons (Fsp3) is 0.469. The van der Waals surface area contributed by atoms with Crippen LogP contribution in [0.2, 0.25) is 0 Å². The average molecular weight is 575 g/mol. The van der Waals surface area contributed by atoms with Gasteiger partial charge in [0.05, 0.1) is 37.3 Å². The van der Waals surface area contributed by atoms with Crippen molar-refractivity contribution in [1.82, 2.24) is 24.3 Å². The van der Waals surface area contributed by atoms with Gasteiger partial charge in [0, 0.05) is 51.6 Å². The molecule has 0 saturated carbocycles. The van der Waals surface area contributed by atoms with Crippen molar-refractivity contribution in [2.45, 2.75) is 38.8 Å². The Labute approximate surface area is 247 Å². The molecule has 2 aromatic heterocycles. The Morgan fingerprint density at radius 2 is 1.74 bits per heavy atom. The van der Waals surface area contributed by atoms with E-state index in [4.69, 9.17) is 25.3 Å². The van der Waals surface area contributed by atoms with E-state index in [0.29, 0.717) is 18.8 Å². The van der Waals surface area contributed by atoms with Crippen molar-refractivity contribution >= 4 is 33.7 Å². The lowest BCUT2D eigenvalue weighted by Crippen LogP contribution is -2.38. The first kappa shape index (κ1) is 29.9. The molecule has 0 spiro atoms. The SMILES string of the molecule is COCCc1nc2c(N)nc3ccccc3c2n1CCCN(CCCN1CCOCC1)Cc1ccc(CC(=O)O)cc1. The van der Waals surface area contributed by atoms with Crippen LogP contribution in [0, 0.1) is 0 Å². The lowest BCUT2D eigenvalue weighted by molar-refractivity contribution is -0.136. The predicted molar refractivity (Wildman–Crippen MR) is 165 cm³/mol. The number of anilines is 1. The molecule has 0 aliphatic carbocycles. The first-order valence-electron chi connectivity index (χ1n) is 14.9. The van der Waals surface area contributed by atoms with Gasteiger partial charge in [0.15, 0.2) is 5.82 Å². The summed E-state index contributed by atoms with van der Waals surface area (Å²) in [5.74, 6) is 0.608. The number of aromatic nitrogens is 3. The number of aryl methyl sites for hydroxylation is 1. The van der Waals surface area contributed by atoms with Gasteiger partial charge in [-0.05, 0) is 43.1 Å². The number of carboxylic acid groups (broad SMARTS) is 1. The molecule has 10 heteroatoms. The summed E-state index contributed by atoms with van der Waals surface area (Å²) in [5, 5.41) is 10.2. The molecule has 0 bridgehead atoms. The third-order valence-electron chi connectivity index (χ3n) is 7.91. The minimum Gasteiger partial charge on any atom is -0.481 e. The molecule has 1 fully saturated rings. The van der Waals surface area contributed by atoms with Crippen LogP contribution >= 0.6 is 0 Å². The van der Waals surface area contributed by atoms with E-state index in [2.05, 4.69) is 37.5 Å². The van der Waals surface area contributed by atoms with Gasteiger partial charge in [0.2, 0.25) is 0 Å². The van der Waals surface area contributed by atoms with Crippen molar-refractivity contribution in [3.05, 3.63) is 65.5 Å². The standard InChI is InChI=1S/C32H42N6O4/c1-41-19-12-28-35-30-31(26-6-2-3-7-27(26)34-32(30)33)38(28)16-5-15-37(14-4-13-36-17-20-42-21-18-36)23-25-10-8-24(9-11-25)22-29(39)40/h2-3,6-11H,4-5,12-23H2,1H3,(H2,33,34)(H,39,40). The Balaban J connectivity index is 1.32. The number of nitrogen functional groups attached to an aromatic ring is 1. The molecule has 0 amide bonds. The summed E-state index contributed by atoms with van der Waals surface area (Å²) in [6.07, 6.45) is 2.76. The van der Waals surface area contributed by atoms with Gasteiger partial charge in [-0.1, -0.05) is 42.5 Å². The number of aliphatic carboxylic acids is 1. The number of hydrogen-bond donors (Lipinski definition) is 2. The van der Waals surface area contributed by atoms with E-state index in [-0.39, 0.29) is 6.42 Å². The van der Waals surface area contributed by atoms with Crippen molar-refractivity contribution in [2.75, 3.05) is 65.4 Å². The second-order valence-electron chi connectivity index (χ2n) is 11.0. The lowest BCUT2D eigenvalue weighted by atomic mass is 10.1. The molecule has 0 radical (unpaired) electrons. The zero-order chi connectivity index (χ0) is 29.3. The molecule has 3 heterocycles. The number of benzene rings is 2. The number of rotatable bonds is 15. The highest BCUT2D eigenvalue weighted by Crippen LogP contribution is 2.29. The van der Waals surface area contributed by atoms with E-state index < -0.39 is 5.97 Å². The van der Waals surface area contributed by atoms with E-state index in [9.17, 15) is 4.79 Å². The number of para-hydroxylation sites is 1. The number of nitrogens with two attached hydrogens (primary N) is 1. The summed E-state index contributed by atoms with van der Waals surface area (Å²) in [6.45, 7) is 8.78. The van der Waals surface area contributed by atoms with Crippen LogP contribution < -0.4 is 5.73 Å². The lowest BCUT2D eigenvalue weighted by Gasteiger charge is -2.28. The highest BCUT2D eigenvalue weighted by atomic mass is 16.5. The van der Waals surface area contributed by atoms with Gasteiger partial charge < -0.3 is 24.9 Å². The maximum absolute atomic E-state index is 11.1. The third kappa shape index (κ3) is 7.63. The van der Waals surface area contributed by atoms with Crippen molar-refractivity contribution in [1.29, 1.82) is 0 Å². The number of nitrogens with zero attached hydrogens (tertiary/aromatic N) is 5. The van der Waals surface area contributed by atoms with Crippen LogP contribution in [-0.4, -0.2) is 95.1 Å². The number of ether oxygens (including phenoxy) is 2. The number of methoxy groups -OCH3 is 1. The summed E-state index contributed by atoms with van der Waals surface area (Å²) >= 11 is 0. The van der Waals surface area contributed by atoms with Crippen LogP contribution in [0.3, 0.4) is 0 Å². The monoisotopic (exact) mass is 574 g/mol. The number of morpholine rings is 1. The first-order valence-corrected chi connectivity index (χ1v) is 14.9. The highest BCUT2D eigenvalue weighted by molar-refractivity contribution is 6.06. The van der Waals surface area contributed by atoms with Gasteiger partial charge in [0.25, 0.3) is 0 Å². The Morgan fingerprint density at radius 3 is 2.48 bits per heavy atom. The molecule has 1 aliphatic heterocycles. The zero-order valence-corrected chi connectivity index (χ0v) is 24.5. The van der Waals surface area contributed by atoms with Gasteiger partial charge in [-0.2, -0.15) is 0 Å². The molecule has 1 aliphatic rings. The molecule has 0 unspecified atom stereocenters. The minimum atomic E-state index is -0.810. The molecule has 2 aromatic carbocycles. The smallest absolute Gasteiger partial charge is 0.307 e. The molecule has 0 atom stereocenters. The van der Waals surface area contributed by atoms with E-state index >= 15 is 0 Å². The van der Waals surface area contributed by atoms with Gasteiger partial charge in [-0.25, -0.2) is 9.97 Å². The van der Waals surface area contributed by atoms with E-state index in [1.807, 2.05) is 30.3 Å². The Kier molecular flexibility index (Phi) is 10.4. The quantitative estimate of drug-likeness (QED) is 0.220. The van der Waals surface area contributed by atoms with Gasteiger partial charge in [-0.3, -0.25) is 14.6 Å². The van der Waals surface area contributed by atoms with E-state index in [1.165, 1.54) is 5.56 Å². The third-order valence-corrected chi connectivity index (χ3v) is 7.91. The molecule has 42 heavy (non-hydrogen) atoms. The average Bonchev–Trinajstić information content (AvgIpc) is 3.36. The predicted octanol–water partition coefficient (Wildman–Crippen LogP) is 3.60. The number of imidazole rings is 1. The summed E-state index contributed by atoms with van der Waals surface area (Å²) in [7, 11) is 1.71. The summed E-state index contributed by atoms with van der Waals surface area (Å²) in [6, 6.07) is 16.1. The highest BCUT2D eigenvalue weighted by Gasteiger charge is 2.18. The maximum Gasteiger partial charge on any atom is 0.307 e. The fourth-order valence-electron chi connectivity index (χ4n) is 5.79. The van der Waals surface area contributed by atoms with Gasteiger partial charge >= 0.3 is 5.97 Å². The first-order chi connectivity index (χ1) is 20.5. The normalized spacial score (nSPS) is 14.3. The Bertz CT molecular complexity index is 1470. The summed E-state index contributed by atoms with van der Waals surface area (Å²) < 4.78 is 13.2. The molecule has 5 rings (SSSR count). The van der Waals surface area contributed by atoms with Crippen LogP contribution in [0.25, 0.3) is 21.9 Å². The zero-order valence-electron chi connectivity index (χ0n) is 24.5. The largest absolute Gasteiger partial charge is 0.481 e. The Hall–Kier alpha value is -3.57.